The molecule has 0 aliphatic heterocycles. The molecule has 0 aliphatic rings. The molecule has 1 atom stereocenters. The maximum absolute atomic E-state index is 12.4. The summed E-state index contributed by atoms with van der Waals surface area (Å²) < 4.78 is 47.3. The van der Waals surface area contributed by atoms with Crippen LogP contribution in [0.25, 0.3) is 0 Å². The van der Waals surface area contributed by atoms with Crippen LogP contribution in [-0.2, 0) is 10.9 Å². The van der Waals surface area contributed by atoms with Crippen LogP contribution in [0.2, 0.25) is 0 Å². The molecular formula is C11H14F3NO2. The molecule has 6 heteroatoms. The van der Waals surface area contributed by atoms with E-state index in [0.29, 0.717) is 6.61 Å². The molecule has 17 heavy (non-hydrogen) atoms. The number of hydrogen-bond acceptors (Lipinski definition) is 3. The van der Waals surface area contributed by atoms with Gasteiger partial charge in [0.05, 0.1) is 17.9 Å². The van der Waals surface area contributed by atoms with E-state index in [0.717, 1.165) is 12.1 Å². The van der Waals surface area contributed by atoms with Crippen molar-refractivity contribution >= 4 is 5.69 Å². The molecule has 0 saturated heterocycles. The van der Waals surface area contributed by atoms with Crippen molar-refractivity contribution in [3.8, 4) is 5.75 Å². The minimum Gasteiger partial charge on any atom is -0.486 e. The molecule has 2 N–H and O–H groups in total. The number of nitrogen functional groups attached to an aromatic ring is 1. The van der Waals surface area contributed by atoms with Gasteiger partial charge in [0.1, 0.15) is 11.9 Å². The number of hydrogen-bond donors (Lipinski definition) is 1. The Morgan fingerprint density at radius 3 is 2.47 bits per heavy atom. The molecule has 0 bridgehead atoms. The van der Waals surface area contributed by atoms with Gasteiger partial charge in [0.25, 0.3) is 0 Å². The van der Waals surface area contributed by atoms with E-state index < -0.39 is 11.7 Å². The lowest BCUT2D eigenvalue weighted by molar-refractivity contribution is -0.137. The second kappa shape index (κ2) is 5.27. The van der Waals surface area contributed by atoms with Crippen LogP contribution in [0.4, 0.5) is 18.9 Å². The van der Waals surface area contributed by atoms with Crippen LogP contribution in [0.1, 0.15) is 12.5 Å². The van der Waals surface area contributed by atoms with Crippen LogP contribution >= 0.6 is 0 Å². The number of benzene rings is 1. The predicted molar refractivity (Wildman–Crippen MR) is 57.8 cm³/mol. The SMILES string of the molecule is COC[C@H](C)Oc1ccc(C(F)(F)F)cc1N. The fourth-order valence-corrected chi connectivity index (χ4v) is 1.32. The summed E-state index contributed by atoms with van der Waals surface area (Å²) in [6, 6.07) is 3.00. The first-order valence-electron chi connectivity index (χ1n) is 4.97. The van der Waals surface area contributed by atoms with Gasteiger partial charge in [-0.3, -0.25) is 0 Å². The minimum absolute atomic E-state index is 0.0391. The summed E-state index contributed by atoms with van der Waals surface area (Å²) in [5.74, 6) is 0.225. The molecule has 1 aromatic carbocycles. The molecule has 3 nitrogen and oxygen atoms in total. The Morgan fingerprint density at radius 1 is 1.35 bits per heavy atom. The summed E-state index contributed by atoms with van der Waals surface area (Å²) in [4.78, 5) is 0. The molecule has 0 aliphatic carbocycles. The van der Waals surface area contributed by atoms with Crippen LogP contribution in [0.5, 0.6) is 5.75 Å². The summed E-state index contributed by atoms with van der Waals surface area (Å²) in [6.07, 6.45) is -4.68. The van der Waals surface area contributed by atoms with E-state index in [1.54, 1.807) is 6.92 Å². The second-order valence-corrected chi connectivity index (χ2v) is 3.63. The lowest BCUT2D eigenvalue weighted by Crippen LogP contribution is -2.18. The normalized spacial score (nSPS) is 13.5. The maximum atomic E-state index is 12.4. The predicted octanol–water partition coefficient (Wildman–Crippen LogP) is 2.70. The number of ether oxygens (including phenoxy) is 2. The topological polar surface area (TPSA) is 44.5 Å². The average molecular weight is 249 g/mol. The molecule has 0 aromatic heterocycles. The monoisotopic (exact) mass is 249 g/mol. The van der Waals surface area contributed by atoms with Crippen molar-refractivity contribution in [2.75, 3.05) is 19.5 Å². The summed E-state index contributed by atoms with van der Waals surface area (Å²) in [5, 5.41) is 0. The summed E-state index contributed by atoms with van der Waals surface area (Å²) in [5.41, 5.74) is 4.67. The highest BCUT2D eigenvalue weighted by Crippen LogP contribution is 2.33. The standard InChI is InChI=1S/C11H14F3NO2/c1-7(6-16-2)17-10-4-3-8(5-9(10)15)11(12,13)14/h3-5,7H,6,15H2,1-2H3/t7-/m0/s1. The summed E-state index contributed by atoms with van der Waals surface area (Å²) in [7, 11) is 1.51. The van der Waals surface area contributed by atoms with Crippen LogP contribution in [0.15, 0.2) is 18.2 Å². The number of halogens is 3. The van der Waals surface area contributed by atoms with Crippen molar-refractivity contribution in [3.05, 3.63) is 23.8 Å². The van der Waals surface area contributed by atoms with Crippen molar-refractivity contribution in [1.82, 2.24) is 0 Å². The van der Waals surface area contributed by atoms with Gasteiger partial charge < -0.3 is 15.2 Å². The third kappa shape index (κ3) is 3.81. The Labute approximate surface area is 97.3 Å². The molecular weight excluding hydrogens is 235 g/mol. The van der Waals surface area contributed by atoms with E-state index in [2.05, 4.69) is 0 Å². The largest absolute Gasteiger partial charge is 0.486 e. The molecule has 0 spiro atoms. The van der Waals surface area contributed by atoms with E-state index in [4.69, 9.17) is 15.2 Å². The first kappa shape index (κ1) is 13.6. The second-order valence-electron chi connectivity index (χ2n) is 3.63. The van der Waals surface area contributed by atoms with Gasteiger partial charge in [-0.2, -0.15) is 13.2 Å². The highest BCUT2D eigenvalue weighted by molar-refractivity contribution is 5.54. The zero-order chi connectivity index (χ0) is 13.1. The molecule has 0 heterocycles. The van der Waals surface area contributed by atoms with E-state index in [1.807, 2.05) is 0 Å². The number of methoxy groups -OCH3 is 1. The Bertz CT molecular complexity index is 379. The number of rotatable bonds is 4. The highest BCUT2D eigenvalue weighted by atomic mass is 19.4. The van der Waals surface area contributed by atoms with Crippen molar-refractivity contribution in [3.63, 3.8) is 0 Å². The van der Waals surface area contributed by atoms with E-state index in [9.17, 15) is 13.2 Å². The van der Waals surface area contributed by atoms with Gasteiger partial charge in [-0.15, -0.1) is 0 Å². The van der Waals surface area contributed by atoms with Crippen molar-refractivity contribution in [2.24, 2.45) is 0 Å². The zero-order valence-electron chi connectivity index (χ0n) is 9.54. The summed E-state index contributed by atoms with van der Waals surface area (Å²) in [6.45, 7) is 2.07. The Morgan fingerprint density at radius 2 is 2.00 bits per heavy atom. The number of alkyl halides is 3. The molecule has 1 aromatic rings. The van der Waals surface area contributed by atoms with Crippen LogP contribution < -0.4 is 10.5 Å². The number of nitrogens with two attached hydrogens (primary N) is 1. The van der Waals surface area contributed by atoms with Crippen LogP contribution in [-0.4, -0.2) is 19.8 Å². The van der Waals surface area contributed by atoms with Gasteiger partial charge >= 0.3 is 6.18 Å². The Kier molecular flexibility index (Phi) is 4.22. The van der Waals surface area contributed by atoms with Crippen molar-refractivity contribution < 1.29 is 22.6 Å². The van der Waals surface area contributed by atoms with E-state index in [-0.39, 0.29) is 17.5 Å². The van der Waals surface area contributed by atoms with Gasteiger partial charge in [-0.1, -0.05) is 0 Å². The lowest BCUT2D eigenvalue weighted by Gasteiger charge is -2.16. The molecule has 0 saturated carbocycles. The third-order valence-electron chi connectivity index (χ3n) is 2.07. The molecule has 96 valence electrons. The fourth-order valence-electron chi connectivity index (χ4n) is 1.32. The highest BCUT2D eigenvalue weighted by Gasteiger charge is 2.31. The quantitative estimate of drug-likeness (QED) is 0.834. The smallest absolute Gasteiger partial charge is 0.416 e. The molecule has 1 rings (SSSR count). The number of anilines is 1. The summed E-state index contributed by atoms with van der Waals surface area (Å²) >= 11 is 0. The van der Waals surface area contributed by atoms with E-state index in [1.165, 1.54) is 13.2 Å². The molecule has 0 unspecified atom stereocenters. The van der Waals surface area contributed by atoms with Crippen molar-refractivity contribution in [2.45, 2.75) is 19.2 Å². The van der Waals surface area contributed by atoms with Crippen LogP contribution in [0, 0.1) is 0 Å². The molecule has 0 amide bonds. The van der Waals surface area contributed by atoms with Crippen molar-refractivity contribution in [1.29, 1.82) is 0 Å². The van der Waals surface area contributed by atoms with Gasteiger partial charge in [-0.25, -0.2) is 0 Å². The first-order chi connectivity index (χ1) is 7.84. The lowest BCUT2D eigenvalue weighted by atomic mass is 10.2. The van der Waals surface area contributed by atoms with E-state index >= 15 is 0 Å². The molecule has 0 radical (unpaired) electrons. The first-order valence-corrected chi connectivity index (χ1v) is 4.97. The zero-order valence-corrected chi connectivity index (χ0v) is 9.54. The van der Waals surface area contributed by atoms with Gasteiger partial charge in [0, 0.05) is 7.11 Å². The van der Waals surface area contributed by atoms with Gasteiger partial charge in [-0.05, 0) is 25.1 Å². The van der Waals surface area contributed by atoms with Gasteiger partial charge in [0.15, 0.2) is 0 Å². The minimum atomic E-state index is -4.40. The Balaban J connectivity index is 2.83. The van der Waals surface area contributed by atoms with Gasteiger partial charge in [0.2, 0.25) is 0 Å². The average Bonchev–Trinajstić information content (AvgIpc) is 2.20. The maximum Gasteiger partial charge on any atom is 0.416 e. The molecule has 0 fully saturated rings. The Hall–Kier alpha value is -1.43. The van der Waals surface area contributed by atoms with Crippen LogP contribution in [0.3, 0.4) is 0 Å². The third-order valence-corrected chi connectivity index (χ3v) is 2.07. The fraction of sp³-hybridized carbons (Fsp3) is 0.455.